The number of ketones is 1. The van der Waals surface area contributed by atoms with Crippen LogP contribution in [0.25, 0.3) is 0 Å². The Kier molecular flexibility index (Phi) is 17.6. The van der Waals surface area contributed by atoms with Crippen LogP contribution in [0.2, 0.25) is 0 Å². The number of amides is 2. The van der Waals surface area contributed by atoms with Crippen LogP contribution in [0.1, 0.15) is 132 Å². The van der Waals surface area contributed by atoms with Gasteiger partial charge in [0, 0.05) is 32.4 Å². The van der Waals surface area contributed by atoms with E-state index in [1.54, 1.807) is 19.1 Å². The van der Waals surface area contributed by atoms with Crippen molar-refractivity contribution in [2.24, 2.45) is 23.7 Å². The third kappa shape index (κ3) is 14.1. The van der Waals surface area contributed by atoms with Crippen molar-refractivity contribution in [3.8, 4) is 0 Å². The lowest BCUT2D eigenvalue weighted by Crippen LogP contribution is -2.46. The van der Waals surface area contributed by atoms with E-state index in [4.69, 9.17) is 14.2 Å². The summed E-state index contributed by atoms with van der Waals surface area (Å²) in [6, 6.07) is 0. The van der Waals surface area contributed by atoms with E-state index in [2.05, 4.69) is 37.5 Å². The molecule has 0 spiro atoms. The van der Waals surface area contributed by atoms with Crippen LogP contribution in [0, 0.1) is 23.7 Å². The second kappa shape index (κ2) is 20.8. The second-order valence-corrected chi connectivity index (χ2v) is 15.7. The predicted octanol–water partition coefficient (Wildman–Crippen LogP) is 5.93. The molecular formula is C40H68N2O8. The van der Waals surface area contributed by atoms with Crippen molar-refractivity contribution in [1.29, 1.82) is 0 Å². The van der Waals surface area contributed by atoms with Crippen molar-refractivity contribution in [2.45, 2.75) is 174 Å². The van der Waals surface area contributed by atoms with E-state index in [1.807, 2.05) is 20.8 Å². The first kappa shape index (κ1) is 42.3. The molecular weight excluding hydrogens is 636 g/mol. The van der Waals surface area contributed by atoms with Crippen LogP contribution in [0.3, 0.4) is 0 Å². The molecule has 3 fully saturated rings. The van der Waals surface area contributed by atoms with Gasteiger partial charge < -0.3 is 35.1 Å². The largest absolute Gasteiger partial charge is 0.389 e. The van der Waals surface area contributed by atoms with E-state index >= 15 is 0 Å². The Morgan fingerprint density at radius 1 is 0.960 bits per heavy atom. The normalized spacial score (nSPS) is 36.0. The summed E-state index contributed by atoms with van der Waals surface area (Å²) >= 11 is 0. The minimum Gasteiger partial charge on any atom is -0.389 e. The van der Waals surface area contributed by atoms with Gasteiger partial charge in [0.05, 0.1) is 49.0 Å². The van der Waals surface area contributed by atoms with E-state index in [9.17, 15) is 24.6 Å². The van der Waals surface area contributed by atoms with E-state index < -0.39 is 36.1 Å². The number of aliphatic hydroxyl groups excluding tert-OH is 1. The maximum absolute atomic E-state index is 13.6. The van der Waals surface area contributed by atoms with Gasteiger partial charge in [-0.2, -0.15) is 0 Å². The number of ether oxygens (including phenoxy) is 3. The van der Waals surface area contributed by atoms with Crippen molar-refractivity contribution in [3.63, 3.8) is 0 Å². The van der Waals surface area contributed by atoms with Crippen LogP contribution in [-0.4, -0.2) is 83.3 Å². The predicted molar refractivity (Wildman–Crippen MR) is 195 cm³/mol. The second-order valence-electron chi connectivity index (χ2n) is 15.7. The van der Waals surface area contributed by atoms with Crippen LogP contribution in [0.4, 0.5) is 0 Å². The summed E-state index contributed by atoms with van der Waals surface area (Å²) in [4.78, 5) is 39.9. The highest BCUT2D eigenvalue weighted by molar-refractivity contribution is 5.89. The molecule has 286 valence electrons. The van der Waals surface area contributed by atoms with E-state index in [1.165, 1.54) is 0 Å². The Labute approximate surface area is 301 Å². The summed E-state index contributed by atoms with van der Waals surface area (Å²) in [6.07, 6.45) is 11.4. The van der Waals surface area contributed by atoms with Crippen molar-refractivity contribution in [3.05, 3.63) is 23.8 Å². The first-order valence-electron chi connectivity index (χ1n) is 19.5. The minimum absolute atomic E-state index is 0.0498. The van der Waals surface area contributed by atoms with Crippen molar-refractivity contribution in [2.75, 3.05) is 13.1 Å². The summed E-state index contributed by atoms with van der Waals surface area (Å²) in [5.74, 6) is -1.70. The van der Waals surface area contributed by atoms with Gasteiger partial charge in [-0.15, -0.1) is 0 Å². The van der Waals surface area contributed by atoms with E-state index in [0.29, 0.717) is 38.6 Å². The Morgan fingerprint density at radius 3 is 2.40 bits per heavy atom. The maximum atomic E-state index is 13.6. The molecule has 10 heteroatoms. The van der Waals surface area contributed by atoms with Gasteiger partial charge in [-0.05, 0) is 95.1 Å². The molecule has 11 atom stereocenters. The quantitative estimate of drug-likeness (QED) is 0.180. The van der Waals surface area contributed by atoms with Crippen LogP contribution >= 0.6 is 0 Å². The van der Waals surface area contributed by atoms with Gasteiger partial charge >= 0.3 is 0 Å². The molecule has 0 saturated carbocycles. The monoisotopic (exact) mass is 704 g/mol. The van der Waals surface area contributed by atoms with E-state index in [-0.39, 0.29) is 66.9 Å². The summed E-state index contributed by atoms with van der Waals surface area (Å²) < 4.78 is 19.7. The number of carbonyl (C=O) groups is 3. The maximum Gasteiger partial charge on any atom is 0.225 e. The molecule has 4 N–H and O–H groups in total. The average Bonchev–Trinajstić information content (AvgIpc) is 3.35. The molecule has 4 bridgehead atoms. The molecule has 0 aromatic carbocycles. The number of hydrogen-bond acceptors (Lipinski definition) is 8. The molecule has 50 heavy (non-hydrogen) atoms. The van der Waals surface area contributed by atoms with Crippen molar-refractivity contribution < 1.29 is 38.8 Å². The molecule has 11 unspecified atom stereocenters. The van der Waals surface area contributed by atoms with Gasteiger partial charge in [0.2, 0.25) is 11.8 Å². The van der Waals surface area contributed by atoms with Gasteiger partial charge in [-0.1, -0.05) is 52.7 Å². The molecule has 3 rings (SSSR count). The first-order valence-corrected chi connectivity index (χ1v) is 19.5. The zero-order valence-corrected chi connectivity index (χ0v) is 32.0. The van der Waals surface area contributed by atoms with Crippen molar-refractivity contribution >= 4 is 17.6 Å². The number of carbonyl (C=O) groups excluding carboxylic acids is 3. The third-order valence-electron chi connectivity index (χ3n) is 11.1. The van der Waals surface area contributed by atoms with Crippen LogP contribution in [-0.2, 0) is 28.6 Å². The highest BCUT2D eigenvalue weighted by Gasteiger charge is 2.43. The third-order valence-corrected chi connectivity index (χ3v) is 11.1. The minimum atomic E-state index is -1.31. The SMILES string of the molecule is C/C=C/C(=O)CC1CCC2(O)CC(C)C(CCCNC(=O)C(C)C3CNC(=O)CC(O1)C(C)CCCCC(CCC(C)/C=C(\C)C(C)O)O3)O2. The first-order chi connectivity index (χ1) is 23.7. The van der Waals surface area contributed by atoms with Gasteiger partial charge in [-0.25, -0.2) is 0 Å². The number of rotatable bonds is 8. The smallest absolute Gasteiger partial charge is 0.225 e. The molecule has 3 heterocycles. The molecule has 3 saturated heterocycles. The Balaban J connectivity index is 1.90. The molecule has 10 nitrogen and oxygen atoms in total. The number of allylic oxidation sites excluding steroid dienone is 3. The summed E-state index contributed by atoms with van der Waals surface area (Å²) in [5.41, 5.74) is 0.953. The Hall–Kier alpha value is -2.11. The highest BCUT2D eigenvalue weighted by atomic mass is 16.6. The lowest BCUT2D eigenvalue weighted by Gasteiger charge is -2.31. The van der Waals surface area contributed by atoms with Gasteiger partial charge in [-0.3, -0.25) is 14.4 Å². The van der Waals surface area contributed by atoms with Crippen LogP contribution in [0.5, 0.6) is 0 Å². The van der Waals surface area contributed by atoms with E-state index in [0.717, 1.165) is 44.1 Å². The number of nitrogens with one attached hydrogen (secondary N) is 2. The van der Waals surface area contributed by atoms with Crippen LogP contribution < -0.4 is 10.6 Å². The summed E-state index contributed by atoms with van der Waals surface area (Å²) in [7, 11) is 0. The number of hydrogen-bond donors (Lipinski definition) is 4. The average molecular weight is 705 g/mol. The zero-order valence-electron chi connectivity index (χ0n) is 32.0. The standard InChI is InChI=1S/C40H68N2O8/c1-8-12-32(44)22-34-18-19-40(47)24-29(5)35(50-40)15-11-20-41-39(46)30(6)37-25-42-38(45)23-36(49-34)27(3)13-9-10-14-33(48-37)17-16-26(2)21-28(4)31(7)43/h8,12,21,26-27,29-31,33-37,43,47H,9-11,13-20,22-25H2,1-7H3,(H,41,46)(H,42,45)/b12-8+,28-21+. The lowest BCUT2D eigenvalue weighted by molar-refractivity contribution is -0.202. The van der Waals surface area contributed by atoms with Gasteiger partial charge in [0.25, 0.3) is 0 Å². The zero-order chi connectivity index (χ0) is 36.8. The number of aliphatic hydroxyl groups is 2. The summed E-state index contributed by atoms with van der Waals surface area (Å²) in [5, 5.41) is 27.6. The number of fused-ring (bicyclic) bond motifs is 7. The van der Waals surface area contributed by atoms with Crippen molar-refractivity contribution in [1.82, 2.24) is 10.6 Å². The lowest BCUT2D eigenvalue weighted by atomic mass is 9.92. The summed E-state index contributed by atoms with van der Waals surface area (Å²) in [6.45, 7) is 14.4. The topological polar surface area (TPSA) is 143 Å². The fraction of sp³-hybridized carbons (Fsp3) is 0.825. The van der Waals surface area contributed by atoms with Crippen LogP contribution in [0.15, 0.2) is 23.8 Å². The molecule has 0 radical (unpaired) electrons. The molecule has 0 aromatic heterocycles. The molecule has 3 aliphatic rings. The molecule has 3 aliphatic heterocycles. The molecule has 0 aliphatic carbocycles. The highest BCUT2D eigenvalue weighted by Crippen LogP contribution is 2.39. The Morgan fingerprint density at radius 2 is 1.68 bits per heavy atom. The molecule has 2 amide bonds. The van der Waals surface area contributed by atoms with Gasteiger partial charge in [0.15, 0.2) is 11.6 Å². The fourth-order valence-electron chi connectivity index (χ4n) is 7.63. The Bertz CT molecular complexity index is 1140. The fourth-order valence-corrected chi connectivity index (χ4v) is 7.63. The molecule has 0 aromatic rings. The van der Waals surface area contributed by atoms with Gasteiger partial charge in [0.1, 0.15) is 0 Å².